The van der Waals surface area contributed by atoms with Gasteiger partial charge in [0.1, 0.15) is 0 Å². The first-order valence-corrected chi connectivity index (χ1v) is 6.15. The number of rotatable bonds is 4. The molecule has 1 aromatic rings. The van der Waals surface area contributed by atoms with Crippen LogP contribution < -0.4 is 5.32 Å². The Bertz CT molecular complexity index is 467. The third-order valence-electron chi connectivity index (χ3n) is 3.09. The Morgan fingerprint density at radius 3 is 3.06 bits per heavy atom. The van der Waals surface area contributed by atoms with E-state index in [-0.39, 0.29) is 18.4 Å². The number of nitrogens with one attached hydrogen (secondary N) is 1. The molecule has 1 aliphatic heterocycles. The van der Waals surface area contributed by atoms with Crippen LogP contribution >= 0.6 is 0 Å². The van der Waals surface area contributed by atoms with Gasteiger partial charge >= 0.3 is 5.97 Å². The maximum Gasteiger partial charge on any atom is 0.305 e. The minimum atomic E-state index is -0.917. The molecule has 18 heavy (non-hydrogen) atoms. The number of amides is 1. The van der Waals surface area contributed by atoms with Crippen molar-refractivity contribution in [2.75, 3.05) is 0 Å². The van der Waals surface area contributed by atoms with Crippen molar-refractivity contribution in [1.82, 2.24) is 15.1 Å². The molecular formula is C12H17N3O3. The maximum atomic E-state index is 12.0. The van der Waals surface area contributed by atoms with Gasteiger partial charge in [-0.25, -0.2) is 0 Å². The highest BCUT2D eigenvalue weighted by Crippen LogP contribution is 2.18. The molecule has 98 valence electrons. The van der Waals surface area contributed by atoms with Gasteiger partial charge in [-0.1, -0.05) is 0 Å². The van der Waals surface area contributed by atoms with Crippen LogP contribution in [0.4, 0.5) is 0 Å². The molecule has 0 fully saturated rings. The van der Waals surface area contributed by atoms with Crippen molar-refractivity contribution in [1.29, 1.82) is 0 Å². The fourth-order valence-electron chi connectivity index (χ4n) is 2.23. The van der Waals surface area contributed by atoms with Crippen molar-refractivity contribution in [3.05, 3.63) is 17.5 Å². The van der Waals surface area contributed by atoms with Gasteiger partial charge in [-0.05, 0) is 26.2 Å². The fraction of sp³-hybridized carbons (Fsp3) is 0.583. The maximum absolute atomic E-state index is 12.0. The summed E-state index contributed by atoms with van der Waals surface area (Å²) < 4.78 is 1.86. The highest BCUT2D eigenvalue weighted by Gasteiger charge is 2.21. The lowest BCUT2D eigenvalue weighted by atomic mass is 10.1. The van der Waals surface area contributed by atoms with Gasteiger partial charge in [0.25, 0.3) is 5.91 Å². The number of aliphatic carboxylic acids is 1. The summed E-state index contributed by atoms with van der Waals surface area (Å²) in [5.74, 6) is -1.15. The highest BCUT2D eigenvalue weighted by atomic mass is 16.4. The Morgan fingerprint density at radius 1 is 1.56 bits per heavy atom. The molecule has 6 heteroatoms. The van der Waals surface area contributed by atoms with Crippen molar-refractivity contribution in [2.24, 2.45) is 0 Å². The number of aromatic nitrogens is 2. The highest BCUT2D eigenvalue weighted by molar-refractivity contribution is 5.95. The molecule has 2 heterocycles. The summed E-state index contributed by atoms with van der Waals surface area (Å²) in [6.45, 7) is 2.54. The molecule has 0 saturated carbocycles. The average molecular weight is 251 g/mol. The van der Waals surface area contributed by atoms with E-state index in [0.29, 0.717) is 5.56 Å². The van der Waals surface area contributed by atoms with Crippen molar-refractivity contribution in [3.8, 4) is 0 Å². The fourth-order valence-corrected chi connectivity index (χ4v) is 2.23. The molecule has 0 radical (unpaired) electrons. The van der Waals surface area contributed by atoms with Crippen LogP contribution in [0.25, 0.3) is 0 Å². The van der Waals surface area contributed by atoms with Crippen molar-refractivity contribution < 1.29 is 14.7 Å². The van der Waals surface area contributed by atoms with Crippen LogP contribution in [0.1, 0.15) is 42.2 Å². The number of carbonyl (C=O) groups is 2. The molecular weight excluding hydrogens is 234 g/mol. The molecule has 2 N–H and O–H groups in total. The number of carboxylic acid groups (broad SMARTS) is 1. The molecule has 0 saturated heterocycles. The van der Waals surface area contributed by atoms with Crippen molar-refractivity contribution in [3.63, 3.8) is 0 Å². The van der Waals surface area contributed by atoms with Gasteiger partial charge in [0, 0.05) is 12.6 Å². The number of carboxylic acids is 1. The zero-order chi connectivity index (χ0) is 13.1. The summed E-state index contributed by atoms with van der Waals surface area (Å²) in [6.07, 6.45) is 4.51. The number of aryl methyl sites for hydroxylation is 1. The summed E-state index contributed by atoms with van der Waals surface area (Å²) in [6, 6.07) is -0.380. The SMILES string of the molecule is CC(CC(=O)O)NC(=O)c1cnn2c1CCCC2. The zero-order valence-corrected chi connectivity index (χ0v) is 10.3. The lowest BCUT2D eigenvalue weighted by Crippen LogP contribution is -2.34. The van der Waals surface area contributed by atoms with E-state index in [2.05, 4.69) is 10.4 Å². The second kappa shape index (κ2) is 5.20. The second-order valence-corrected chi connectivity index (χ2v) is 4.66. The van der Waals surface area contributed by atoms with Gasteiger partial charge < -0.3 is 10.4 Å². The molecule has 0 aromatic carbocycles. The van der Waals surface area contributed by atoms with E-state index in [4.69, 9.17) is 5.11 Å². The van der Waals surface area contributed by atoms with Gasteiger partial charge in [-0.15, -0.1) is 0 Å². The van der Waals surface area contributed by atoms with Gasteiger partial charge in [0.2, 0.25) is 0 Å². The first-order valence-electron chi connectivity index (χ1n) is 6.15. The van der Waals surface area contributed by atoms with Crippen LogP contribution in [0.2, 0.25) is 0 Å². The standard InChI is InChI=1S/C12H17N3O3/c1-8(6-11(16)17)14-12(18)9-7-13-15-5-3-2-4-10(9)15/h7-8H,2-6H2,1H3,(H,14,18)(H,16,17). The average Bonchev–Trinajstić information content (AvgIpc) is 2.71. The Hall–Kier alpha value is -1.85. The Morgan fingerprint density at radius 2 is 2.33 bits per heavy atom. The van der Waals surface area contributed by atoms with Crippen LogP contribution in [-0.2, 0) is 17.8 Å². The van der Waals surface area contributed by atoms with Gasteiger partial charge in [-0.2, -0.15) is 5.10 Å². The molecule has 6 nitrogen and oxygen atoms in total. The second-order valence-electron chi connectivity index (χ2n) is 4.66. The molecule has 0 bridgehead atoms. The van der Waals surface area contributed by atoms with Crippen LogP contribution in [0, 0.1) is 0 Å². The molecule has 1 aromatic heterocycles. The van der Waals surface area contributed by atoms with Crippen LogP contribution in [0.3, 0.4) is 0 Å². The number of carbonyl (C=O) groups excluding carboxylic acids is 1. The first-order chi connectivity index (χ1) is 8.58. The van der Waals surface area contributed by atoms with E-state index in [1.807, 2.05) is 4.68 Å². The molecule has 1 atom stereocenters. The molecule has 0 aliphatic carbocycles. The Labute approximate surface area is 105 Å². The summed E-state index contributed by atoms with van der Waals surface area (Å²) in [5, 5.41) is 15.5. The third-order valence-corrected chi connectivity index (χ3v) is 3.09. The number of hydrogen-bond acceptors (Lipinski definition) is 3. The number of hydrogen-bond donors (Lipinski definition) is 2. The lowest BCUT2D eigenvalue weighted by molar-refractivity contribution is -0.137. The van der Waals surface area contributed by atoms with Crippen LogP contribution in [-0.4, -0.2) is 32.8 Å². The molecule has 1 unspecified atom stereocenters. The Balaban J connectivity index is 2.05. The smallest absolute Gasteiger partial charge is 0.305 e. The Kier molecular flexibility index (Phi) is 3.64. The van der Waals surface area contributed by atoms with Gasteiger partial charge in [0.15, 0.2) is 0 Å². The summed E-state index contributed by atoms with van der Waals surface area (Å²) >= 11 is 0. The monoisotopic (exact) mass is 251 g/mol. The predicted molar refractivity (Wildman–Crippen MR) is 64.3 cm³/mol. The van der Waals surface area contributed by atoms with E-state index in [9.17, 15) is 9.59 Å². The van der Waals surface area contributed by atoms with Crippen molar-refractivity contribution in [2.45, 2.75) is 45.2 Å². The third kappa shape index (κ3) is 2.69. The summed E-state index contributed by atoms with van der Waals surface area (Å²) in [4.78, 5) is 22.6. The normalized spacial score (nSPS) is 15.8. The molecule has 0 spiro atoms. The zero-order valence-electron chi connectivity index (χ0n) is 10.3. The minimum Gasteiger partial charge on any atom is -0.481 e. The van der Waals surface area contributed by atoms with E-state index >= 15 is 0 Å². The molecule has 2 rings (SSSR count). The van der Waals surface area contributed by atoms with E-state index in [0.717, 1.165) is 31.5 Å². The first kappa shape index (κ1) is 12.6. The van der Waals surface area contributed by atoms with E-state index < -0.39 is 5.97 Å². The lowest BCUT2D eigenvalue weighted by Gasteiger charge is -2.15. The summed E-state index contributed by atoms with van der Waals surface area (Å²) in [7, 11) is 0. The van der Waals surface area contributed by atoms with Gasteiger partial charge in [-0.3, -0.25) is 14.3 Å². The van der Waals surface area contributed by atoms with Crippen LogP contribution in [0.15, 0.2) is 6.20 Å². The largest absolute Gasteiger partial charge is 0.481 e. The summed E-state index contributed by atoms with van der Waals surface area (Å²) in [5.41, 5.74) is 1.54. The number of nitrogens with zero attached hydrogens (tertiary/aromatic N) is 2. The molecule has 1 amide bonds. The van der Waals surface area contributed by atoms with Gasteiger partial charge in [0.05, 0.1) is 23.9 Å². The minimum absolute atomic E-state index is 0.0742. The van der Waals surface area contributed by atoms with E-state index in [1.165, 1.54) is 0 Å². The topological polar surface area (TPSA) is 84.2 Å². The van der Waals surface area contributed by atoms with Crippen LogP contribution in [0.5, 0.6) is 0 Å². The predicted octanol–water partition coefficient (Wildman–Crippen LogP) is 0.812. The molecule has 1 aliphatic rings. The quantitative estimate of drug-likeness (QED) is 0.829. The van der Waals surface area contributed by atoms with E-state index in [1.54, 1.807) is 13.1 Å². The number of fused-ring (bicyclic) bond motifs is 1. The van der Waals surface area contributed by atoms with Crippen molar-refractivity contribution >= 4 is 11.9 Å².